The highest BCUT2D eigenvalue weighted by Crippen LogP contribution is 2.25. The van der Waals surface area contributed by atoms with E-state index in [4.69, 9.17) is 0 Å². The molecule has 0 aliphatic carbocycles. The summed E-state index contributed by atoms with van der Waals surface area (Å²) in [6.07, 6.45) is 0. The number of hydrogen-bond donors (Lipinski definition) is 0. The van der Waals surface area contributed by atoms with Gasteiger partial charge in [-0.3, -0.25) is 0 Å². The van der Waals surface area contributed by atoms with E-state index in [1.165, 1.54) is 13.2 Å². The molecule has 0 unspecified atom stereocenters. The van der Waals surface area contributed by atoms with E-state index < -0.39 is 11.8 Å². The molecule has 1 aromatic carbocycles. The van der Waals surface area contributed by atoms with E-state index in [0.29, 0.717) is 8.04 Å². The second-order valence-electron chi connectivity index (χ2n) is 2.24. The predicted octanol–water partition coefficient (Wildman–Crippen LogP) is 2.98. The summed E-state index contributed by atoms with van der Waals surface area (Å²) in [5.74, 6) is -1.00. The largest absolute Gasteiger partial charge is 0.465 e. The van der Waals surface area contributed by atoms with Crippen molar-refractivity contribution >= 4 is 44.5 Å². The van der Waals surface area contributed by atoms with E-state index in [-0.39, 0.29) is 5.56 Å². The number of ether oxygens (including phenoxy) is 1. The molecule has 0 fully saturated rings. The molecule has 70 valence electrons. The van der Waals surface area contributed by atoms with Gasteiger partial charge in [-0.15, -0.1) is 0 Å². The molecule has 1 rings (SSSR count). The van der Waals surface area contributed by atoms with Crippen LogP contribution in [0.15, 0.2) is 16.6 Å². The molecule has 0 amide bonds. The van der Waals surface area contributed by atoms with Crippen molar-refractivity contribution in [1.29, 1.82) is 0 Å². The maximum atomic E-state index is 12.9. The van der Waals surface area contributed by atoms with Crippen molar-refractivity contribution in [2.24, 2.45) is 0 Å². The molecule has 0 N–H and O–H groups in total. The van der Waals surface area contributed by atoms with Gasteiger partial charge in [-0.25, -0.2) is 9.18 Å². The van der Waals surface area contributed by atoms with Gasteiger partial charge in [0, 0.05) is 8.04 Å². The number of hydrogen-bond acceptors (Lipinski definition) is 2. The SMILES string of the molecule is COC(=O)c1cc(F)cc(I)c1Br. The van der Waals surface area contributed by atoms with Gasteiger partial charge in [-0.05, 0) is 50.7 Å². The summed E-state index contributed by atoms with van der Waals surface area (Å²) in [5.41, 5.74) is 0.201. The summed E-state index contributed by atoms with van der Waals surface area (Å²) >= 11 is 5.11. The molecule has 0 radical (unpaired) electrons. The third kappa shape index (κ3) is 2.40. The first-order valence-corrected chi connectivity index (χ1v) is 5.16. The van der Waals surface area contributed by atoms with Gasteiger partial charge >= 0.3 is 5.97 Å². The zero-order valence-electron chi connectivity index (χ0n) is 6.61. The number of halogens is 3. The Balaban J connectivity index is 3.28. The lowest BCUT2D eigenvalue weighted by atomic mass is 10.2. The number of esters is 1. The van der Waals surface area contributed by atoms with Crippen LogP contribution in [-0.4, -0.2) is 13.1 Å². The number of methoxy groups -OCH3 is 1. The molecule has 0 saturated heterocycles. The van der Waals surface area contributed by atoms with Crippen molar-refractivity contribution in [2.45, 2.75) is 0 Å². The van der Waals surface area contributed by atoms with Crippen molar-refractivity contribution in [3.05, 3.63) is 31.6 Å². The Labute approximate surface area is 96.7 Å². The third-order valence-corrected chi connectivity index (χ3v) is 3.84. The number of benzene rings is 1. The summed E-state index contributed by atoms with van der Waals surface area (Å²) in [4.78, 5) is 11.1. The van der Waals surface area contributed by atoms with Crippen LogP contribution in [0.4, 0.5) is 4.39 Å². The second-order valence-corrected chi connectivity index (χ2v) is 4.20. The standard InChI is InChI=1S/C8H5BrFIO2/c1-13-8(12)5-2-4(10)3-6(11)7(5)9/h2-3H,1H3. The summed E-state index contributed by atoms with van der Waals surface area (Å²) in [5, 5.41) is 0. The highest BCUT2D eigenvalue weighted by Gasteiger charge is 2.14. The molecule has 0 saturated carbocycles. The highest BCUT2D eigenvalue weighted by molar-refractivity contribution is 14.1. The van der Waals surface area contributed by atoms with E-state index in [0.717, 1.165) is 6.07 Å². The third-order valence-electron chi connectivity index (χ3n) is 1.40. The molecule has 13 heavy (non-hydrogen) atoms. The van der Waals surface area contributed by atoms with Gasteiger partial charge in [0.15, 0.2) is 0 Å². The summed E-state index contributed by atoms with van der Waals surface area (Å²) < 4.78 is 18.6. The Morgan fingerprint density at radius 1 is 1.62 bits per heavy atom. The van der Waals surface area contributed by atoms with Gasteiger partial charge in [0.1, 0.15) is 5.82 Å². The minimum absolute atomic E-state index is 0.201. The van der Waals surface area contributed by atoms with Gasteiger partial charge in [-0.2, -0.15) is 0 Å². The average molecular weight is 359 g/mol. The van der Waals surface area contributed by atoms with Crippen LogP contribution >= 0.6 is 38.5 Å². The van der Waals surface area contributed by atoms with E-state index in [1.54, 1.807) is 0 Å². The lowest BCUT2D eigenvalue weighted by Gasteiger charge is -2.04. The van der Waals surface area contributed by atoms with E-state index in [2.05, 4.69) is 20.7 Å². The lowest BCUT2D eigenvalue weighted by molar-refractivity contribution is 0.0599. The van der Waals surface area contributed by atoms with Crippen LogP contribution in [0.1, 0.15) is 10.4 Å². The van der Waals surface area contributed by atoms with Crippen LogP contribution in [0.25, 0.3) is 0 Å². The number of carbonyl (C=O) groups is 1. The molecule has 0 bridgehead atoms. The molecular formula is C8H5BrFIO2. The smallest absolute Gasteiger partial charge is 0.339 e. The first-order chi connectivity index (χ1) is 6.06. The van der Waals surface area contributed by atoms with E-state index in [9.17, 15) is 9.18 Å². The Hall–Kier alpha value is -0.170. The molecule has 0 heterocycles. The quantitative estimate of drug-likeness (QED) is 0.438. The highest BCUT2D eigenvalue weighted by atomic mass is 127. The molecule has 1 aromatic rings. The molecular weight excluding hydrogens is 354 g/mol. The first-order valence-electron chi connectivity index (χ1n) is 3.29. The fraction of sp³-hybridized carbons (Fsp3) is 0.125. The molecule has 5 heteroatoms. The number of rotatable bonds is 1. The van der Waals surface area contributed by atoms with Crippen molar-refractivity contribution in [3.63, 3.8) is 0 Å². The Kier molecular flexibility index (Phi) is 3.66. The van der Waals surface area contributed by atoms with Gasteiger partial charge in [0.2, 0.25) is 0 Å². The Bertz CT molecular complexity index is 354. The fourth-order valence-corrected chi connectivity index (χ4v) is 1.79. The minimum Gasteiger partial charge on any atom is -0.465 e. The topological polar surface area (TPSA) is 26.3 Å². The molecule has 0 aliphatic rings. The normalized spacial score (nSPS) is 9.85. The fourth-order valence-electron chi connectivity index (χ4n) is 0.814. The summed E-state index contributed by atoms with van der Waals surface area (Å²) in [6.45, 7) is 0. The summed E-state index contributed by atoms with van der Waals surface area (Å²) in [6, 6.07) is 2.47. The average Bonchev–Trinajstić information content (AvgIpc) is 2.10. The van der Waals surface area contributed by atoms with Crippen LogP contribution in [0.2, 0.25) is 0 Å². The van der Waals surface area contributed by atoms with Crippen LogP contribution in [0.5, 0.6) is 0 Å². The van der Waals surface area contributed by atoms with Crippen LogP contribution < -0.4 is 0 Å². The molecule has 0 spiro atoms. The molecule has 0 aliphatic heterocycles. The minimum atomic E-state index is -0.552. The summed E-state index contributed by atoms with van der Waals surface area (Å²) in [7, 11) is 1.26. The zero-order valence-corrected chi connectivity index (χ0v) is 10.3. The monoisotopic (exact) mass is 358 g/mol. The maximum Gasteiger partial charge on any atom is 0.339 e. The van der Waals surface area contributed by atoms with Crippen molar-refractivity contribution < 1.29 is 13.9 Å². The van der Waals surface area contributed by atoms with Gasteiger partial charge in [0.25, 0.3) is 0 Å². The molecule has 2 nitrogen and oxygen atoms in total. The Morgan fingerprint density at radius 2 is 2.23 bits per heavy atom. The van der Waals surface area contributed by atoms with Gasteiger partial charge < -0.3 is 4.74 Å². The molecule has 0 aromatic heterocycles. The van der Waals surface area contributed by atoms with Crippen molar-refractivity contribution in [2.75, 3.05) is 7.11 Å². The predicted molar refractivity (Wildman–Crippen MR) is 58.2 cm³/mol. The second kappa shape index (κ2) is 4.36. The van der Waals surface area contributed by atoms with Crippen LogP contribution in [0, 0.1) is 9.39 Å². The van der Waals surface area contributed by atoms with E-state index >= 15 is 0 Å². The van der Waals surface area contributed by atoms with Crippen LogP contribution in [0.3, 0.4) is 0 Å². The zero-order chi connectivity index (χ0) is 10.0. The number of carbonyl (C=O) groups excluding carboxylic acids is 1. The lowest BCUT2D eigenvalue weighted by Crippen LogP contribution is -2.03. The van der Waals surface area contributed by atoms with Gasteiger partial charge in [0.05, 0.1) is 12.7 Å². The first kappa shape index (κ1) is 10.9. The van der Waals surface area contributed by atoms with Gasteiger partial charge in [-0.1, -0.05) is 0 Å². The Morgan fingerprint density at radius 3 is 2.77 bits per heavy atom. The molecule has 0 atom stereocenters. The van der Waals surface area contributed by atoms with E-state index in [1.807, 2.05) is 22.6 Å². The maximum absolute atomic E-state index is 12.9. The van der Waals surface area contributed by atoms with Crippen molar-refractivity contribution in [3.8, 4) is 0 Å². The van der Waals surface area contributed by atoms with Crippen LogP contribution in [-0.2, 0) is 4.74 Å². The van der Waals surface area contributed by atoms with Crippen molar-refractivity contribution in [1.82, 2.24) is 0 Å².